The molecule has 1 fully saturated rings. The predicted molar refractivity (Wildman–Crippen MR) is 111 cm³/mol. The van der Waals surface area contributed by atoms with Crippen molar-refractivity contribution in [2.24, 2.45) is 0 Å². The number of carbonyl (C=O) groups excluding carboxylic acids is 2. The van der Waals surface area contributed by atoms with Crippen molar-refractivity contribution in [3.63, 3.8) is 0 Å². The van der Waals surface area contributed by atoms with Crippen molar-refractivity contribution >= 4 is 11.9 Å². The zero-order valence-corrected chi connectivity index (χ0v) is 18.7. The summed E-state index contributed by atoms with van der Waals surface area (Å²) in [5.74, 6) is 3.01. The quantitative estimate of drug-likeness (QED) is 0.438. The molecule has 0 amide bonds. The summed E-state index contributed by atoms with van der Waals surface area (Å²) in [6, 6.07) is 2.37. The van der Waals surface area contributed by atoms with E-state index in [4.69, 9.17) is 18.6 Å². The van der Waals surface area contributed by atoms with Gasteiger partial charge in [-0.05, 0) is 12.1 Å². The third-order valence-corrected chi connectivity index (χ3v) is 4.97. The van der Waals surface area contributed by atoms with Crippen molar-refractivity contribution in [2.75, 3.05) is 13.2 Å². The largest absolute Gasteiger partial charge is 0.463 e. The molecule has 1 aliphatic heterocycles. The molecule has 13 heteroatoms. The zero-order valence-electron chi connectivity index (χ0n) is 18.7. The van der Waals surface area contributed by atoms with Crippen LogP contribution < -0.4 is 11.2 Å². The zero-order chi connectivity index (χ0) is 25.8. The van der Waals surface area contributed by atoms with Crippen LogP contribution in [0.15, 0.2) is 38.6 Å². The molecule has 10 nitrogen and oxygen atoms in total. The van der Waals surface area contributed by atoms with Gasteiger partial charge in [-0.25, -0.2) is 4.79 Å². The minimum absolute atomic E-state index is 0.0374. The minimum atomic E-state index is -5.18. The highest BCUT2D eigenvalue weighted by Gasteiger charge is 2.42. The minimum Gasteiger partial charge on any atom is -0.463 e. The van der Waals surface area contributed by atoms with Crippen LogP contribution in [-0.2, 0) is 25.2 Å². The van der Waals surface area contributed by atoms with Gasteiger partial charge in [0.1, 0.15) is 31.1 Å². The van der Waals surface area contributed by atoms with E-state index >= 15 is 0 Å². The van der Waals surface area contributed by atoms with Gasteiger partial charge in [0, 0.05) is 26.0 Å². The van der Waals surface area contributed by atoms with Gasteiger partial charge < -0.3 is 18.6 Å². The van der Waals surface area contributed by atoms with E-state index < -0.39 is 59.1 Å². The van der Waals surface area contributed by atoms with Gasteiger partial charge in [-0.3, -0.25) is 19.0 Å². The molecule has 0 N–H and O–H groups in total. The number of nitrogens with zero attached hydrogens (tertiary/aromatic N) is 2. The third kappa shape index (κ3) is 5.90. The van der Waals surface area contributed by atoms with Crippen molar-refractivity contribution in [3.8, 4) is 11.8 Å². The fourth-order valence-corrected chi connectivity index (χ4v) is 3.38. The predicted octanol–water partition coefficient (Wildman–Crippen LogP) is 1.96. The van der Waals surface area contributed by atoms with Crippen LogP contribution in [0.1, 0.15) is 49.0 Å². The lowest BCUT2D eigenvalue weighted by Gasteiger charge is -2.19. The normalized spacial score (nSPS) is 19.7. The Hall–Kier alpha value is -3.63. The summed E-state index contributed by atoms with van der Waals surface area (Å²) in [6.45, 7) is 2.65. The van der Waals surface area contributed by atoms with Gasteiger partial charge in [0.15, 0.2) is 5.76 Å². The van der Waals surface area contributed by atoms with Gasteiger partial charge in [-0.15, -0.1) is 5.92 Å². The van der Waals surface area contributed by atoms with Crippen molar-refractivity contribution < 1.29 is 41.4 Å². The van der Waals surface area contributed by atoms with E-state index in [9.17, 15) is 32.3 Å². The first-order chi connectivity index (χ1) is 16.5. The summed E-state index contributed by atoms with van der Waals surface area (Å²) in [7, 11) is 0. The highest BCUT2D eigenvalue weighted by atomic mass is 19.4. The van der Waals surface area contributed by atoms with Gasteiger partial charge >= 0.3 is 23.7 Å². The average molecular weight is 498 g/mol. The van der Waals surface area contributed by atoms with Gasteiger partial charge in [0.2, 0.25) is 0 Å². The number of ether oxygens (including phenoxy) is 3. The van der Waals surface area contributed by atoms with E-state index in [1.807, 2.05) is 6.92 Å². The van der Waals surface area contributed by atoms with Crippen LogP contribution in [-0.4, -0.2) is 46.4 Å². The summed E-state index contributed by atoms with van der Waals surface area (Å²) in [5, 5.41) is 0. The average Bonchev–Trinajstić information content (AvgIpc) is 3.45. The van der Waals surface area contributed by atoms with Crippen LogP contribution in [0.2, 0.25) is 0 Å². The first kappa shape index (κ1) is 26.0. The van der Waals surface area contributed by atoms with Gasteiger partial charge in [-0.1, -0.05) is 12.8 Å². The lowest BCUT2D eigenvalue weighted by Crippen LogP contribution is -2.47. The Balaban J connectivity index is 2.04. The Morgan fingerprint density at radius 3 is 2.60 bits per heavy atom. The van der Waals surface area contributed by atoms with Crippen LogP contribution in [0.5, 0.6) is 0 Å². The first-order valence-electron chi connectivity index (χ1n) is 10.4. The number of hydrogen-bond acceptors (Lipinski definition) is 8. The number of hydrogen-bond donors (Lipinski definition) is 0. The van der Waals surface area contributed by atoms with Crippen LogP contribution in [0, 0.1) is 11.8 Å². The highest BCUT2D eigenvalue weighted by molar-refractivity contribution is 5.93. The smallest absolute Gasteiger partial charge is 0.423 e. The molecule has 2 aromatic rings. The molecule has 0 bridgehead atoms. The third-order valence-electron chi connectivity index (χ3n) is 4.97. The fourth-order valence-electron chi connectivity index (χ4n) is 3.38. The Morgan fingerprint density at radius 1 is 1.26 bits per heavy atom. The second kappa shape index (κ2) is 10.7. The molecule has 188 valence electrons. The van der Waals surface area contributed by atoms with Crippen LogP contribution in [0.4, 0.5) is 13.2 Å². The number of halogens is 3. The van der Waals surface area contributed by atoms with Crippen LogP contribution in [0.25, 0.3) is 0 Å². The molecule has 35 heavy (non-hydrogen) atoms. The van der Waals surface area contributed by atoms with Crippen molar-refractivity contribution in [1.82, 2.24) is 9.13 Å². The van der Waals surface area contributed by atoms with E-state index in [0.717, 1.165) is 19.3 Å². The molecule has 0 aliphatic carbocycles. The van der Waals surface area contributed by atoms with Crippen LogP contribution in [0.3, 0.4) is 0 Å². The monoisotopic (exact) mass is 498 g/mol. The van der Waals surface area contributed by atoms with E-state index in [2.05, 4.69) is 11.8 Å². The maximum Gasteiger partial charge on any atom is 0.423 e. The summed E-state index contributed by atoms with van der Waals surface area (Å²) in [4.78, 5) is 49.4. The molecule has 0 saturated carbocycles. The molecular formula is C22H21F3N2O8. The second-order valence-corrected chi connectivity index (χ2v) is 7.38. The molecule has 0 radical (unpaired) electrons. The van der Waals surface area contributed by atoms with Crippen LogP contribution >= 0.6 is 0 Å². The topological polar surface area (TPSA) is 119 Å². The summed E-state index contributed by atoms with van der Waals surface area (Å²) >= 11 is 0. The number of aromatic nitrogens is 2. The van der Waals surface area contributed by atoms with Crippen molar-refractivity contribution in [2.45, 2.75) is 51.3 Å². The fraction of sp³-hybridized carbons (Fsp3) is 0.455. The van der Waals surface area contributed by atoms with E-state index in [1.165, 1.54) is 6.07 Å². The SMILES string of the molecule is CCC#CCO[C@H]1C[C@H](n2cc(C(F)(F)F)c(=O)n(C(=O)c3ccco3)c2=O)O[C@@H]1COC(C)=O. The first-order valence-corrected chi connectivity index (χ1v) is 10.4. The number of carbonyl (C=O) groups is 2. The van der Waals surface area contributed by atoms with E-state index in [1.54, 1.807) is 0 Å². The van der Waals surface area contributed by atoms with Gasteiger partial charge in [0.25, 0.3) is 5.56 Å². The highest BCUT2D eigenvalue weighted by Crippen LogP contribution is 2.32. The van der Waals surface area contributed by atoms with Gasteiger partial charge in [-0.2, -0.15) is 17.7 Å². The van der Waals surface area contributed by atoms with E-state index in [-0.39, 0.29) is 24.2 Å². The molecule has 3 atom stereocenters. The van der Waals surface area contributed by atoms with Crippen molar-refractivity contribution in [3.05, 3.63) is 56.8 Å². The standard InChI is InChI=1S/C22H21F3N2O8/c1-3-4-5-8-33-16-10-18(35-17(16)12-34-13(2)28)26-11-14(22(23,24)25)19(29)27(21(26)31)20(30)15-7-6-9-32-15/h6-7,9,11,16-18H,3,8,10,12H2,1-2H3/t16-,17+,18+/m0/s1. The molecule has 2 aromatic heterocycles. The summed E-state index contributed by atoms with van der Waals surface area (Å²) < 4.78 is 62.3. The molecule has 0 spiro atoms. The lowest BCUT2D eigenvalue weighted by atomic mass is 10.2. The molecule has 1 saturated heterocycles. The Morgan fingerprint density at radius 2 is 2.00 bits per heavy atom. The maximum atomic E-state index is 13.6. The second-order valence-electron chi connectivity index (χ2n) is 7.38. The Labute approximate surface area is 196 Å². The summed E-state index contributed by atoms with van der Waals surface area (Å²) in [5.41, 5.74) is -4.97. The Bertz CT molecular complexity index is 1250. The molecule has 3 rings (SSSR count). The number of rotatable bonds is 6. The molecule has 3 heterocycles. The number of alkyl halides is 3. The van der Waals surface area contributed by atoms with E-state index in [0.29, 0.717) is 17.2 Å². The van der Waals surface area contributed by atoms with Crippen molar-refractivity contribution in [1.29, 1.82) is 0 Å². The number of esters is 1. The molecular weight excluding hydrogens is 477 g/mol. The Kier molecular flexibility index (Phi) is 7.98. The van der Waals surface area contributed by atoms with Gasteiger partial charge in [0.05, 0.1) is 12.4 Å². The molecule has 0 unspecified atom stereocenters. The molecule has 1 aliphatic rings. The lowest BCUT2D eigenvalue weighted by molar-refractivity contribution is -0.148. The maximum absolute atomic E-state index is 13.6. The molecule has 0 aromatic carbocycles. The number of furan rings is 1. The summed E-state index contributed by atoms with van der Waals surface area (Å²) in [6.07, 6.45) is -6.53.